The summed E-state index contributed by atoms with van der Waals surface area (Å²) in [6.45, 7) is 1.78. The summed E-state index contributed by atoms with van der Waals surface area (Å²) >= 11 is 0. The number of fused-ring (bicyclic) bond motifs is 1. The molecule has 2 N–H and O–H groups in total. The molecule has 23 heavy (non-hydrogen) atoms. The highest BCUT2D eigenvalue weighted by Crippen LogP contribution is 2.29. The molecule has 0 saturated heterocycles. The van der Waals surface area contributed by atoms with Gasteiger partial charge in [0.05, 0.1) is 11.5 Å². The standard InChI is InChI=1S/C16H16N4O3/c1-8-5-13(20-23-8)15-11(16(22)19-18-15)7-9-6-10-12(17-9)3-2-4-14(10)21/h5-7,10,12,17H,2-4H2,1H3,(H,19,22)/b11-7+. The van der Waals surface area contributed by atoms with Gasteiger partial charge < -0.3 is 9.84 Å². The molecule has 1 aromatic rings. The molecule has 0 aromatic carbocycles. The monoisotopic (exact) mass is 312 g/mol. The molecule has 2 atom stereocenters. The molecule has 4 rings (SSSR count). The number of carbonyl (C=O) groups is 2. The van der Waals surface area contributed by atoms with Crippen LogP contribution in [0.2, 0.25) is 0 Å². The van der Waals surface area contributed by atoms with Crippen molar-refractivity contribution in [3.05, 3.63) is 40.9 Å². The first kappa shape index (κ1) is 13.9. The Bertz CT molecular complexity index is 787. The summed E-state index contributed by atoms with van der Waals surface area (Å²) in [7, 11) is 0. The van der Waals surface area contributed by atoms with E-state index >= 15 is 0 Å². The van der Waals surface area contributed by atoms with Gasteiger partial charge in [-0.3, -0.25) is 9.59 Å². The fourth-order valence-electron chi connectivity index (χ4n) is 3.28. The van der Waals surface area contributed by atoms with Gasteiger partial charge in [0.25, 0.3) is 5.91 Å². The van der Waals surface area contributed by atoms with E-state index in [4.69, 9.17) is 4.52 Å². The highest BCUT2D eigenvalue weighted by atomic mass is 16.5. The Balaban J connectivity index is 1.64. The van der Waals surface area contributed by atoms with Crippen LogP contribution in [0.25, 0.3) is 0 Å². The molecule has 2 unspecified atom stereocenters. The molecule has 1 aliphatic carbocycles. The van der Waals surface area contributed by atoms with Crippen molar-refractivity contribution in [2.45, 2.75) is 32.2 Å². The fraction of sp³-hybridized carbons (Fsp3) is 0.375. The summed E-state index contributed by atoms with van der Waals surface area (Å²) < 4.78 is 5.05. The van der Waals surface area contributed by atoms with Crippen LogP contribution in [0.1, 0.15) is 30.7 Å². The van der Waals surface area contributed by atoms with Crippen LogP contribution < -0.4 is 10.7 Å². The fourth-order valence-corrected chi connectivity index (χ4v) is 3.28. The van der Waals surface area contributed by atoms with Gasteiger partial charge in [0.15, 0.2) is 0 Å². The molecule has 2 aliphatic heterocycles. The Labute approximate surface area is 132 Å². The predicted octanol–water partition coefficient (Wildman–Crippen LogP) is 0.968. The number of Topliss-reactive ketones (excluding diaryl/α,β-unsaturated/α-hetero) is 1. The third-order valence-corrected chi connectivity index (χ3v) is 4.39. The summed E-state index contributed by atoms with van der Waals surface area (Å²) in [5.41, 5.74) is 4.62. The van der Waals surface area contributed by atoms with Crippen molar-refractivity contribution in [2.75, 3.05) is 0 Å². The topological polar surface area (TPSA) is 96.6 Å². The first-order valence-electron chi connectivity index (χ1n) is 7.66. The van der Waals surface area contributed by atoms with E-state index in [1.54, 1.807) is 19.1 Å². The number of ketones is 1. The van der Waals surface area contributed by atoms with Crippen molar-refractivity contribution in [3.63, 3.8) is 0 Å². The van der Waals surface area contributed by atoms with Crippen molar-refractivity contribution in [3.8, 4) is 0 Å². The van der Waals surface area contributed by atoms with Gasteiger partial charge in [0.1, 0.15) is 22.9 Å². The zero-order valence-corrected chi connectivity index (χ0v) is 12.6. The Hall–Kier alpha value is -2.70. The molecule has 7 heteroatoms. The largest absolute Gasteiger partial charge is 0.381 e. The second-order valence-electron chi connectivity index (χ2n) is 6.04. The minimum absolute atomic E-state index is 0.0882. The number of rotatable bonds is 2. The van der Waals surface area contributed by atoms with Gasteiger partial charge in [-0.05, 0) is 31.9 Å². The van der Waals surface area contributed by atoms with Crippen molar-refractivity contribution in [1.82, 2.24) is 15.9 Å². The van der Waals surface area contributed by atoms with Crippen LogP contribution in [0.4, 0.5) is 0 Å². The molecule has 1 fully saturated rings. The van der Waals surface area contributed by atoms with E-state index in [0.717, 1.165) is 18.5 Å². The highest BCUT2D eigenvalue weighted by Gasteiger charge is 2.35. The summed E-state index contributed by atoms with van der Waals surface area (Å²) in [6, 6.07) is 1.87. The maximum atomic E-state index is 12.1. The zero-order chi connectivity index (χ0) is 16.0. The molecule has 0 spiro atoms. The van der Waals surface area contributed by atoms with Crippen LogP contribution in [0, 0.1) is 12.8 Å². The van der Waals surface area contributed by atoms with Crippen molar-refractivity contribution in [1.29, 1.82) is 0 Å². The van der Waals surface area contributed by atoms with Crippen molar-refractivity contribution in [2.24, 2.45) is 11.0 Å². The Morgan fingerprint density at radius 1 is 1.39 bits per heavy atom. The second kappa shape index (κ2) is 5.19. The van der Waals surface area contributed by atoms with Gasteiger partial charge in [-0.1, -0.05) is 5.16 Å². The lowest BCUT2D eigenvalue weighted by molar-refractivity contribution is -0.123. The van der Waals surface area contributed by atoms with Gasteiger partial charge in [-0.15, -0.1) is 0 Å². The molecule has 0 radical (unpaired) electrons. The van der Waals surface area contributed by atoms with E-state index in [2.05, 4.69) is 21.0 Å². The number of allylic oxidation sites excluding steroid dienone is 1. The van der Waals surface area contributed by atoms with E-state index in [1.807, 2.05) is 6.08 Å². The first-order chi connectivity index (χ1) is 11.1. The molecule has 7 nitrogen and oxygen atoms in total. The molecule has 1 aromatic heterocycles. The average Bonchev–Trinajstić information content (AvgIpc) is 3.20. The summed E-state index contributed by atoms with van der Waals surface area (Å²) in [5.74, 6) is 0.537. The SMILES string of the molecule is Cc1cc(C2=NNC(=O)/C2=C/C2=CC3C(=O)CCCC3N2)no1. The lowest BCUT2D eigenvalue weighted by Gasteiger charge is -2.23. The van der Waals surface area contributed by atoms with E-state index in [0.29, 0.717) is 29.2 Å². The minimum Gasteiger partial charge on any atom is -0.381 e. The maximum Gasteiger partial charge on any atom is 0.273 e. The molecule has 3 heterocycles. The minimum atomic E-state index is -0.287. The lowest BCUT2D eigenvalue weighted by Crippen LogP contribution is -2.36. The van der Waals surface area contributed by atoms with Crippen molar-refractivity contribution >= 4 is 17.4 Å². The lowest BCUT2D eigenvalue weighted by atomic mass is 9.85. The highest BCUT2D eigenvalue weighted by molar-refractivity contribution is 6.30. The van der Waals surface area contributed by atoms with Gasteiger partial charge in [0, 0.05) is 24.2 Å². The molecular weight excluding hydrogens is 296 g/mol. The molecule has 3 aliphatic rings. The van der Waals surface area contributed by atoms with Crippen molar-refractivity contribution < 1.29 is 14.1 Å². The Morgan fingerprint density at radius 2 is 2.26 bits per heavy atom. The molecule has 0 bridgehead atoms. The van der Waals surface area contributed by atoms with Crippen LogP contribution >= 0.6 is 0 Å². The number of hydrogen-bond donors (Lipinski definition) is 2. The van der Waals surface area contributed by atoms with Crippen LogP contribution in [0.3, 0.4) is 0 Å². The third-order valence-electron chi connectivity index (χ3n) is 4.39. The first-order valence-corrected chi connectivity index (χ1v) is 7.66. The van der Waals surface area contributed by atoms with Gasteiger partial charge in [0.2, 0.25) is 0 Å². The zero-order valence-electron chi connectivity index (χ0n) is 12.6. The Kier molecular flexibility index (Phi) is 3.14. The number of amides is 1. The van der Waals surface area contributed by atoms with Crippen LogP contribution in [-0.4, -0.2) is 28.6 Å². The van der Waals surface area contributed by atoms with Crippen LogP contribution in [0.15, 0.2) is 39.1 Å². The average molecular weight is 312 g/mol. The molecule has 118 valence electrons. The Morgan fingerprint density at radius 3 is 3.00 bits per heavy atom. The normalized spacial score (nSPS) is 28.3. The smallest absolute Gasteiger partial charge is 0.273 e. The number of aryl methyl sites for hydroxylation is 1. The van der Waals surface area contributed by atoms with E-state index in [1.165, 1.54) is 0 Å². The van der Waals surface area contributed by atoms with Crippen LogP contribution in [0.5, 0.6) is 0 Å². The number of hydrogen-bond acceptors (Lipinski definition) is 6. The maximum absolute atomic E-state index is 12.1. The van der Waals surface area contributed by atoms with Crippen LogP contribution in [-0.2, 0) is 9.59 Å². The quantitative estimate of drug-likeness (QED) is 0.793. The van der Waals surface area contributed by atoms with Gasteiger partial charge in [-0.25, -0.2) is 5.43 Å². The number of nitrogens with one attached hydrogen (secondary N) is 2. The molecule has 1 saturated carbocycles. The molecular formula is C16H16N4O3. The van der Waals surface area contributed by atoms with Gasteiger partial charge >= 0.3 is 0 Å². The number of nitrogens with zero attached hydrogens (tertiary/aromatic N) is 2. The second-order valence-corrected chi connectivity index (χ2v) is 6.04. The van der Waals surface area contributed by atoms with Gasteiger partial charge in [-0.2, -0.15) is 5.10 Å². The van der Waals surface area contributed by atoms with E-state index in [9.17, 15) is 9.59 Å². The number of hydrazone groups is 1. The predicted molar refractivity (Wildman–Crippen MR) is 81.4 cm³/mol. The number of carbonyl (C=O) groups excluding carboxylic acids is 2. The third kappa shape index (κ3) is 2.38. The summed E-state index contributed by atoms with van der Waals surface area (Å²) in [6.07, 6.45) is 6.16. The summed E-state index contributed by atoms with van der Waals surface area (Å²) in [5, 5.41) is 11.3. The van der Waals surface area contributed by atoms with E-state index < -0.39 is 0 Å². The molecule has 1 amide bonds. The number of aromatic nitrogens is 1. The summed E-state index contributed by atoms with van der Waals surface area (Å²) in [4.78, 5) is 24.0. The van der Waals surface area contributed by atoms with E-state index in [-0.39, 0.29) is 23.7 Å².